The fourth-order valence-electron chi connectivity index (χ4n) is 1.48. The van der Waals surface area contributed by atoms with Crippen LogP contribution in [0.4, 0.5) is 0 Å². The molecule has 0 aromatic carbocycles. The summed E-state index contributed by atoms with van der Waals surface area (Å²) in [4.78, 5) is 0. The highest BCUT2D eigenvalue weighted by Crippen LogP contribution is 2.21. The molecule has 3 heteroatoms. The van der Waals surface area contributed by atoms with Crippen LogP contribution in [0, 0.1) is 11.3 Å². The maximum Gasteiger partial charge on any atom is 0.0396 e. The average Bonchev–Trinajstić information content (AvgIpc) is 2.14. The van der Waals surface area contributed by atoms with Crippen LogP contribution in [0.3, 0.4) is 0 Å². The van der Waals surface area contributed by atoms with Gasteiger partial charge in [0, 0.05) is 27.8 Å². The molecule has 0 saturated heterocycles. The summed E-state index contributed by atoms with van der Waals surface area (Å²) in [7, 11) is -0.735. The van der Waals surface area contributed by atoms with E-state index in [0.717, 1.165) is 12.3 Å². The molecule has 98 valence electrons. The van der Waals surface area contributed by atoms with E-state index in [0.29, 0.717) is 12.0 Å². The SMILES string of the molecule is CCNC(CS(=O)C(C)C(C)C)C(C)(C)C. The van der Waals surface area contributed by atoms with Crippen LogP contribution in [-0.2, 0) is 10.8 Å². The zero-order chi connectivity index (χ0) is 12.9. The van der Waals surface area contributed by atoms with Gasteiger partial charge in [0.25, 0.3) is 0 Å². The maximum atomic E-state index is 12.2. The second kappa shape index (κ2) is 6.75. The van der Waals surface area contributed by atoms with Crippen LogP contribution in [0.25, 0.3) is 0 Å². The number of rotatable bonds is 6. The second-order valence-electron chi connectivity index (χ2n) is 5.97. The summed E-state index contributed by atoms with van der Waals surface area (Å²) in [6.07, 6.45) is 0. The third kappa shape index (κ3) is 5.44. The molecule has 0 saturated carbocycles. The third-order valence-electron chi connectivity index (χ3n) is 3.18. The minimum absolute atomic E-state index is 0.169. The molecule has 0 fully saturated rings. The van der Waals surface area contributed by atoms with Crippen LogP contribution in [0.5, 0.6) is 0 Å². The van der Waals surface area contributed by atoms with Crippen LogP contribution in [-0.4, -0.2) is 27.8 Å². The standard InChI is InChI=1S/C13H29NOS/c1-8-14-12(13(5,6)7)9-16(15)11(4)10(2)3/h10-12,14H,8-9H2,1-7H3. The molecule has 0 aromatic rings. The van der Waals surface area contributed by atoms with Gasteiger partial charge in [0.2, 0.25) is 0 Å². The summed E-state index contributed by atoms with van der Waals surface area (Å²) in [6.45, 7) is 16.0. The van der Waals surface area contributed by atoms with Gasteiger partial charge < -0.3 is 5.32 Å². The highest BCUT2D eigenvalue weighted by atomic mass is 32.2. The molecule has 1 N–H and O–H groups in total. The zero-order valence-corrected chi connectivity index (χ0v) is 12.8. The number of hydrogen-bond donors (Lipinski definition) is 1. The summed E-state index contributed by atoms with van der Waals surface area (Å²) in [5.74, 6) is 1.25. The summed E-state index contributed by atoms with van der Waals surface area (Å²) < 4.78 is 12.2. The van der Waals surface area contributed by atoms with Crippen LogP contribution < -0.4 is 5.32 Å². The molecule has 0 heterocycles. The molecule has 0 aromatic heterocycles. The highest BCUT2D eigenvalue weighted by Gasteiger charge is 2.27. The van der Waals surface area contributed by atoms with Gasteiger partial charge in [-0.1, -0.05) is 48.5 Å². The summed E-state index contributed by atoms with van der Waals surface area (Å²) in [6, 6.07) is 0.333. The normalized spacial score (nSPS) is 18.5. The molecule has 3 atom stereocenters. The van der Waals surface area contributed by atoms with Crippen LogP contribution in [0.1, 0.15) is 48.5 Å². The largest absolute Gasteiger partial charge is 0.313 e. The van der Waals surface area contributed by atoms with E-state index in [1.54, 1.807) is 0 Å². The highest BCUT2D eigenvalue weighted by molar-refractivity contribution is 7.85. The summed E-state index contributed by atoms with van der Waals surface area (Å²) >= 11 is 0. The van der Waals surface area contributed by atoms with Gasteiger partial charge in [0.15, 0.2) is 0 Å². The molecule has 3 unspecified atom stereocenters. The van der Waals surface area contributed by atoms with E-state index in [1.807, 2.05) is 0 Å². The fourth-order valence-corrected chi connectivity index (χ4v) is 3.34. The zero-order valence-electron chi connectivity index (χ0n) is 12.0. The van der Waals surface area contributed by atoms with Crippen molar-refractivity contribution < 1.29 is 4.21 Å². The van der Waals surface area contributed by atoms with Crippen molar-refractivity contribution in [3.63, 3.8) is 0 Å². The van der Waals surface area contributed by atoms with Crippen molar-refractivity contribution in [1.29, 1.82) is 0 Å². The maximum absolute atomic E-state index is 12.2. The quantitative estimate of drug-likeness (QED) is 0.782. The van der Waals surface area contributed by atoms with E-state index in [2.05, 4.69) is 53.8 Å². The van der Waals surface area contributed by atoms with Crippen molar-refractivity contribution in [2.45, 2.75) is 59.8 Å². The van der Waals surface area contributed by atoms with E-state index in [4.69, 9.17) is 0 Å². The van der Waals surface area contributed by atoms with Crippen LogP contribution >= 0.6 is 0 Å². The fraction of sp³-hybridized carbons (Fsp3) is 1.00. The Morgan fingerprint density at radius 1 is 1.19 bits per heavy atom. The smallest absolute Gasteiger partial charge is 0.0396 e. The van der Waals surface area contributed by atoms with Crippen molar-refractivity contribution in [3.8, 4) is 0 Å². The lowest BCUT2D eigenvalue weighted by atomic mass is 9.88. The van der Waals surface area contributed by atoms with Gasteiger partial charge in [-0.3, -0.25) is 4.21 Å². The van der Waals surface area contributed by atoms with Gasteiger partial charge in [-0.2, -0.15) is 0 Å². The lowest BCUT2D eigenvalue weighted by Crippen LogP contribution is -2.45. The van der Waals surface area contributed by atoms with Gasteiger partial charge in [-0.15, -0.1) is 0 Å². The Morgan fingerprint density at radius 2 is 1.69 bits per heavy atom. The lowest BCUT2D eigenvalue weighted by molar-refractivity contribution is 0.293. The topological polar surface area (TPSA) is 29.1 Å². The van der Waals surface area contributed by atoms with Crippen molar-refractivity contribution in [1.82, 2.24) is 5.32 Å². The van der Waals surface area contributed by atoms with E-state index in [9.17, 15) is 4.21 Å². The van der Waals surface area contributed by atoms with Gasteiger partial charge in [-0.25, -0.2) is 0 Å². The van der Waals surface area contributed by atoms with E-state index < -0.39 is 10.8 Å². The first kappa shape index (κ1) is 16.1. The first-order valence-corrected chi connectivity index (χ1v) is 7.68. The minimum Gasteiger partial charge on any atom is -0.313 e. The van der Waals surface area contributed by atoms with Gasteiger partial charge >= 0.3 is 0 Å². The lowest BCUT2D eigenvalue weighted by Gasteiger charge is -2.32. The molecule has 0 bridgehead atoms. The van der Waals surface area contributed by atoms with Gasteiger partial charge in [0.1, 0.15) is 0 Å². The van der Waals surface area contributed by atoms with Crippen LogP contribution in [0.15, 0.2) is 0 Å². The predicted octanol–water partition coefficient (Wildman–Crippen LogP) is 2.80. The predicted molar refractivity (Wildman–Crippen MR) is 74.2 cm³/mol. The Hall–Kier alpha value is 0.110. The molecular weight excluding hydrogens is 218 g/mol. The molecule has 0 spiro atoms. The van der Waals surface area contributed by atoms with Crippen LogP contribution in [0.2, 0.25) is 0 Å². The average molecular weight is 247 g/mol. The summed E-state index contributed by atoms with van der Waals surface area (Å²) in [5, 5.41) is 3.74. The Kier molecular flexibility index (Phi) is 6.80. The van der Waals surface area contributed by atoms with Gasteiger partial charge in [-0.05, 0) is 17.9 Å². The Bertz CT molecular complexity index is 220. The molecule has 2 nitrogen and oxygen atoms in total. The van der Waals surface area contributed by atoms with Crippen molar-refractivity contribution in [3.05, 3.63) is 0 Å². The molecule has 0 radical (unpaired) electrons. The Labute approximate surface area is 104 Å². The Morgan fingerprint density at radius 3 is 2.00 bits per heavy atom. The molecule has 0 amide bonds. The number of nitrogens with one attached hydrogen (secondary N) is 1. The molecule has 16 heavy (non-hydrogen) atoms. The second-order valence-corrected chi connectivity index (χ2v) is 7.81. The van der Waals surface area contributed by atoms with Gasteiger partial charge in [0.05, 0.1) is 0 Å². The monoisotopic (exact) mass is 247 g/mol. The number of hydrogen-bond acceptors (Lipinski definition) is 2. The first-order chi connectivity index (χ1) is 7.20. The third-order valence-corrected chi connectivity index (χ3v) is 5.22. The molecule has 0 aliphatic carbocycles. The van der Waals surface area contributed by atoms with Crippen molar-refractivity contribution >= 4 is 10.8 Å². The molecule has 0 aliphatic heterocycles. The van der Waals surface area contributed by atoms with Crippen molar-refractivity contribution in [2.24, 2.45) is 11.3 Å². The molecular formula is C13H29NOS. The summed E-state index contributed by atoms with van der Waals surface area (Å²) in [5.41, 5.74) is 0.169. The van der Waals surface area contributed by atoms with Crippen molar-refractivity contribution in [2.75, 3.05) is 12.3 Å². The molecule has 0 rings (SSSR count). The van der Waals surface area contributed by atoms with E-state index >= 15 is 0 Å². The molecule has 0 aliphatic rings. The van der Waals surface area contributed by atoms with E-state index in [1.165, 1.54) is 0 Å². The first-order valence-electron chi connectivity index (χ1n) is 6.30. The minimum atomic E-state index is -0.735. The van der Waals surface area contributed by atoms with E-state index in [-0.39, 0.29) is 10.7 Å². The Balaban J connectivity index is 4.46.